The van der Waals surface area contributed by atoms with E-state index in [1.54, 1.807) is 0 Å². The van der Waals surface area contributed by atoms with Crippen molar-refractivity contribution in [2.75, 3.05) is 12.8 Å². The summed E-state index contributed by atoms with van der Waals surface area (Å²) in [5.41, 5.74) is 5.55. The Morgan fingerprint density at radius 1 is 1.50 bits per heavy atom. The largest absolute Gasteiger partial charge is 0.409 e. The molecule has 1 rings (SSSR count). The summed E-state index contributed by atoms with van der Waals surface area (Å²) < 4.78 is 0.349. The average molecular weight is 245 g/mol. The van der Waals surface area contributed by atoms with Crippen molar-refractivity contribution in [1.82, 2.24) is 5.32 Å². The van der Waals surface area contributed by atoms with E-state index in [-0.39, 0.29) is 11.9 Å². The maximum atomic E-state index is 8.58. The number of nitrogens with two attached hydrogens (primary N) is 1. The van der Waals surface area contributed by atoms with Crippen molar-refractivity contribution in [3.8, 4) is 0 Å². The molecule has 0 spiro atoms. The zero-order chi connectivity index (χ0) is 12.0. The Bertz CT molecular complexity index is 239. The van der Waals surface area contributed by atoms with Crippen molar-refractivity contribution in [3.63, 3.8) is 0 Å². The van der Waals surface area contributed by atoms with E-state index in [4.69, 9.17) is 10.9 Å². The van der Waals surface area contributed by atoms with Gasteiger partial charge >= 0.3 is 0 Å². The molecule has 16 heavy (non-hydrogen) atoms. The SMILES string of the molecule is CSC1(CNC(C)C(N)=NO)CCCCC1. The predicted octanol–water partition coefficient (Wildman–Crippen LogP) is 1.78. The number of nitrogens with zero attached hydrogens (tertiary/aromatic N) is 1. The molecule has 1 fully saturated rings. The molecule has 1 aliphatic carbocycles. The molecule has 0 radical (unpaired) electrons. The van der Waals surface area contributed by atoms with Gasteiger partial charge in [-0.25, -0.2) is 0 Å². The van der Waals surface area contributed by atoms with E-state index in [1.807, 2.05) is 18.7 Å². The van der Waals surface area contributed by atoms with Crippen LogP contribution in [0.4, 0.5) is 0 Å². The van der Waals surface area contributed by atoms with Crippen LogP contribution in [0.15, 0.2) is 5.16 Å². The molecule has 1 aliphatic rings. The second-order valence-corrected chi connectivity index (χ2v) is 5.85. The molecule has 1 saturated carbocycles. The number of nitrogens with one attached hydrogen (secondary N) is 1. The lowest BCUT2D eigenvalue weighted by atomic mass is 9.88. The van der Waals surface area contributed by atoms with E-state index in [9.17, 15) is 0 Å². The monoisotopic (exact) mass is 245 g/mol. The molecule has 94 valence electrons. The zero-order valence-electron chi connectivity index (χ0n) is 10.2. The van der Waals surface area contributed by atoms with E-state index in [2.05, 4.69) is 16.7 Å². The van der Waals surface area contributed by atoms with E-state index in [1.165, 1.54) is 32.1 Å². The smallest absolute Gasteiger partial charge is 0.156 e. The minimum absolute atomic E-state index is 0.0593. The number of oxime groups is 1. The van der Waals surface area contributed by atoms with Gasteiger partial charge in [0.2, 0.25) is 0 Å². The van der Waals surface area contributed by atoms with Gasteiger partial charge in [0, 0.05) is 11.3 Å². The minimum Gasteiger partial charge on any atom is -0.409 e. The molecule has 0 aromatic carbocycles. The lowest BCUT2D eigenvalue weighted by Crippen LogP contribution is -2.47. The van der Waals surface area contributed by atoms with Crippen molar-refractivity contribution in [1.29, 1.82) is 0 Å². The molecule has 0 aliphatic heterocycles. The van der Waals surface area contributed by atoms with Crippen LogP contribution in [0.1, 0.15) is 39.0 Å². The number of hydrogen-bond donors (Lipinski definition) is 3. The first kappa shape index (κ1) is 13.6. The highest BCUT2D eigenvalue weighted by atomic mass is 32.2. The van der Waals surface area contributed by atoms with Crippen LogP contribution in [0.3, 0.4) is 0 Å². The normalized spacial score (nSPS) is 23.0. The second-order valence-electron chi connectivity index (χ2n) is 4.58. The quantitative estimate of drug-likeness (QED) is 0.299. The number of rotatable bonds is 5. The third kappa shape index (κ3) is 3.56. The maximum absolute atomic E-state index is 8.58. The Labute approximate surface area is 102 Å². The predicted molar refractivity (Wildman–Crippen MR) is 70.2 cm³/mol. The minimum atomic E-state index is -0.0593. The van der Waals surface area contributed by atoms with E-state index in [0.717, 1.165) is 6.54 Å². The van der Waals surface area contributed by atoms with Crippen LogP contribution >= 0.6 is 11.8 Å². The van der Waals surface area contributed by atoms with Gasteiger partial charge in [0.15, 0.2) is 5.84 Å². The van der Waals surface area contributed by atoms with Crippen LogP contribution in [-0.4, -0.2) is 34.6 Å². The van der Waals surface area contributed by atoms with Crippen molar-refractivity contribution >= 4 is 17.6 Å². The highest BCUT2D eigenvalue weighted by molar-refractivity contribution is 8.00. The van der Waals surface area contributed by atoms with Crippen molar-refractivity contribution < 1.29 is 5.21 Å². The summed E-state index contributed by atoms with van der Waals surface area (Å²) in [4.78, 5) is 0. The van der Waals surface area contributed by atoms with Crippen LogP contribution in [0.2, 0.25) is 0 Å². The fraction of sp³-hybridized carbons (Fsp3) is 0.909. The van der Waals surface area contributed by atoms with Gasteiger partial charge in [0.05, 0.1) is 6.04 Å². The summed E-state index contributed by atoms with van der Waals surface area (Å²) in [7, 11) is 0. The summed E-state index contributed by atoms with van der Waals surface area (Å²) in [5, 5.41) is 15.0. The van der Waals surface area contributed by atoms with Gasteiger partial charge in [-0.2, -0.15) is 11.8 Å². The van der Waals surface area contributed by atoms with Gasteiger partial charge in [-0.05, 0) is 26.0 Å². The Kier molecular flexibility index (Phi) is 5.41. The average Bonchev–Trinajstić information content (AvgIpc) is 2.36. The molecule has 0 heterocycles. The lowest BCUT2D eigenvalue weighted by molar-refractivity contribution is 0.313. The molecule has 0 aromatic rings. The third-order valence-electron chi connectivity index (χ3n) is 3.49. The summed E-state index contributed by atoms with van der Waals surface area (Å²) >= 11 is 1.95. The summed E-state index contributed by atoms with van der Waals surface area (Å²) in [6.07, 6.45) is 8.72. The highest BCUT2D eigenvalue weighted by Gasteiger charge is 2.31. The van der Waals surface area contributed by atoms with E-state index >= 15 is 0 Å². The van der Waals surface area contributed by atoms with Crippen molar-refractivity contribution in [2.24, 2.45) is 10.9 Å². The topological polar surface area (TPSA) is 70.6 Å². The fourth-order valence-corrected chi connectivity index (χ4v) is 3.10. The molecular formula is C11H23N3OS. The van der Waals surface area contributed by atoms with Gasteiger partial charge < -0.3 is 16.3 Å². The first-order chi connectivity index (χ1) is 7.63. The number of amidine groups is 1. The summed E-state index contributed by atoms with van der Waals surface area (Å²) in [6.45, 7) is 2.86. The van der Waals surface area contributed by atoms with Crippen LogP contribution in [0, 0.1) is 0 Å². The summed E-state index contributed by atoms with van der Waals surface area (Å²) in [5.74, 6) is 0.257. The van der Waals surface area contributed by atoms with Crippen molar-refractivity contribution in [3.05, 3.63) is 0 Å². The van der Waals surface area contributed by atoms with E-state index in [0.29, 0.717) is 4.75 Å². The van der Waals surface area contributed by atoms with Crippen LogP contribution in [0.5, 0.6) is 0 Å². The van der Waals surface area contributed by atoms with Crippen LogP contribution in [0.25, 0.3) is 0 Å². The maximum Gasteiger partial charge on any atom is 0.156 e. The first-order valence-corrected chi connectivity index (χ1v) is 7.12. The Morgan fingerprint density at radius 2 is 2.12 bits per heavy atom. The third-order valence-corrected chi connectivity index (χ3v) is 4.91. The molecule has 0 bridgehead atoms. The Morgan fingerprint density at radius 3 is 2.62 bits per heavy atom. The molecule has 5 heteroatoms. The molecule has 4 N–H and O–H groups in total. The van der Waals surface area contributed by atoms with Gasteiger partial charge in [0.25, 0.3) is 0 Å². The van der Waals surface area contributed by atoms with E-state index < -0.39 is 0 Å². The van der Waals surface area contributed by atoms with Gasteiger partial charge in [-0.1, -0.05) is 24.4 Å². The van der Waals surface area contributed by atoms with Crippen LogP contribution in [-0.2, 0) is 0 Å². The second kappa shape index (κ2) is 6.35. The highest BCUT2D eigenvalue weighted by Crippen LogP contribution is 2.37. The molecule has 1 unspecified atom stereocenters. The number of hydrogen-bond acceptors (Lipinski definition) is 4. The number of thioether (sulfide) groups is 1. The van der Waals surface area contributed by atoms with Gasteiger partial charge in [0.1, 0.15) is 0 Å². The molecule has 0 saturated heterocycles. The van der Waals surface area contributed by atoms with Crippen molar-refractivity contribution in [2.45, 2.75) is 49.8 Å². The van der Waals surface area contributed by atoms with Gasteiger partial charge in [-0.3, -0.25) is 0 Å². The van der Waals surface area contributed by atoms with Gasteiger partial charge in [-0.15, -0.1) is 0 Å². The molecule has 1 atom stereocenters. The first-order valence-electron chi connectivity index (χ1n) is 5.89. The Balaban J connectivity index is 2.44. The summed E-state index contributed by atoms with van der Waals surface area (Å²) in [6, 6.07) is -0.0593. The standard InChI is InChI=1S/C11H23N3OS/c1-9(10(12)14-15)13-8-11(16-2)6-4-3-5-7-11/h9,13,15H,3-8H2,1-2H3,(H2,12,14). The van der Waals surface area contributed by atoms with Crippen LogP contribution < -0.4 is 11.1 Å². The fourth-order valence-electron chi connectivity index (χ4n) is 2.18. The molecule has 0 aromatic heterocycles. The lowest BCUT2D eigenvalue weighted by Gasteiger charge is -2.36. The molecule has 0 amide bonds. The molecular weight excluding hydrogens is 222 g/mol. The Hall–Kier alpha value is -0.420. The zero-order valence-corrected chi connectivity index (χ0v) is 11.0. The molecule has 4 nitrogen and oxygen atoms in total.